The van der Waals surface area contributed by atoms with Crippen molar-refractivity contribution in [1.82, 2.24) is 18.6 Å². The van der Waals surface area contributed by atoms with E-state index >= 15 is 0 Å². The fraction of sp³-hybridized carbons (Fsp3) is 0.304. The Morgan fingerprint density at radius 1 is 0.517 bits per heavy atom. The third-order valence-electron chi connectivity index (χ3n) is 17.1. The van der Waals surface area contributed by atoms with Gasteiger partial charge in [-0.1, -0.05) is 109 Å². The van der Waals surface area contributed by atoms with E-state index in [4.69, 9.17) is 19.2 Å². The molecule has 4 fully saturated rings. The van der Waals surface area contributed by atoms with E-state index in [-0.39, 0.29) is 65.2 Å². The van der Waals surface area contributed by atoms with Gasteiger partial charge in [0.2, 0.25) is 20.0 Å². The number of rotatable bonds is 23. The van der Waals surface area contributed by atoms with Gasteiger partial charge in [-0.05, 0) is 146 Å². The second-order valence-corrected chi connectivity index (χ2v) is 26.5. The number of aromatic hydroxyl groups is 1. The van der Waals surface area contributed by atoms with Crippen LogP contribution in [0.1, 0.15) is 85.0 Å². The molecule has 0 bridgehead atoms. The van der Waals surface area contributed by atoms with Crippen LogP contribution in [0.2, 0.25) is 0 Å². The first-order chi connectivity index (χ1) is 42.1. The van der Waals surface area contributed by atoms with Crippen molar-refractivity contribution in [2.24, 2.45) is 0 Å². The van der Waals surface area contributed by atoms with Crippen LogP contribution in [-0.2, 0) is 66.5 Å². The summed E-state index contributed by atoms with van der Waals surface area (Å²) in [6.45, 7) is 1.21. The third kappa shape index (κ3) is 13.3. The Kier molecular flexibility index (Phi) is 18.2. The van der Waals surface area contributed by atoms with Gasteiger partial charge in [0.05, 0.1) is 52.3 Å². The molecule has 4 aliphatic rings. The summed E-state index contributed by atoms with van der Waals surface area (Å²) in [6, 6.07) is 54.4. The smallest absolute Gasteiger partial charge is 0.243 e. The number of ether oxygens (including phenoxy) is 3. The monoisotopic (exact) mass is 1210 g/mol. The average Bonchev–Trinajstić information content (AvgIpc) is 1.78. The molecule has 2 aliphatic carbocycles. The highest BCUT2D eigenvalue weighted by Crippen LogP contribution is 2.52. The number of phenols is 1. The predicted molar refractivity (Wildman–Crippen MR) is 329 cm³/mol. The van der Waals surface area contributed by atoms with Crippen molar-refractivity contribution in [2.45, 2.75) is 110 Å². The van der Waals surface area contributed by atoms with Gasteiger partial charge >= 0.3 is 0 Å². The van der Waals surface area contributed by atoms with Crippen LogP contribution < -0.4 is 14.2 Å². The van der Waals surface area contributed by atoms with E-state index in [2.05, 4.69) is 4.98 Å². The Morgan fingerprint density at radius 2 is 0.943 bits per heavy atom. The first-order valence-corrected chi connectivity index (χ1v) is 32.3. The molecule has 12 rings (SSSR count). The molecule has 16 nitrogen and oxygen atoms in total. The van der Waals surface area contributed by atoms with E-state index in [1.165, 1.54) is 15.7 Å². The highest BCUT2D eigenvalue weighted by Gasteiger charge is 2.52. The van der Waals surface area contributed by atoms with Crippen molar-refractivity contribution in [3.63, 3.8) is 0 Å². The van der Waals surface area contributed by atoms with Crippen molar-refractivity contribution >= 4 is 31.6 Å². The number of benzene rings is 6. The van der Waals surface area contributed by atoms with Gasteiger partial charge < -0.3 is 29.5 Å². The van der Waals surface area contributed by atoms with E-state index in [0.717, 1.165) is 71.9 Å². The fourth-order valence-electron chi connectivity index (χ4n) is 11.8. The summed E-state index contributed by atoms with van der Waals surface area (Å²) in [5, 5.41) is 29.3. The highest BCUT2D eigenvalue weighted by atomic mass is 32.2. The van der Waals surface area contributed by atoms with Crippen molar-refractivity contribution in [1.29, 1.82) is 0 Å². The largest absolute Gasteiger partial charge is 0.504 e. The molecule has 0 radical (unpaired) electrons. The molecule has 2 saturated carbocycles. The van der Waals surface area contributed by atoms with Crippen LogP contribution >= 0.6 is 0 Å². The first kappa shape index (κ1) is 60.6. The zero-order valence-electron chi connectivity index (χ0n) is 48.4. The molecule has 87 heavy (non-hydrogen) atoms. The van der Waals surface area contributed by atoms with Crippen LogP contribution in [-0.4, -0.2) is 108 Å². The topological polar surface area (TPSA) is 223 Å². The lowest BCUT2D eigenvalue weighted by Crippen LogP contribution is -2.37. The van der Waals surface area contributed by atoms with Gasteiger partial charge in [0.15, 0.2) is 23.0 Å². The number of carbonyl (C=O) groups excluding carboxylic acids is 2. The molecule has 450 valence electrons. The van der Waals surface area contributed by atoms with Gasteiger partial charge in [-0.2, -0.15) is 8.61 Å². The minimum absolute atomic E-state index is 0.0151. The maximum atomic E-state index is 14.0. The molecule has 3 N–H and O–H groups in total. The zero-order valence-corrected chi connectivity index (χ0v) is 50.0. The summed E-state index contributed by atoms with van der Waals surface area (Å²) >= 11 is 0. The molecule has 8 aromatic rings. The maximum absolute atomic E-state index is 14.0. The number of ketones is 2. The van der Waals surface area contributed by atoms with Crippen LogP contribution in [0.5, 0.6) is 23.0 Å². The molecule has 18 heteroatoms. The summed E-state index contributed by atoms with van der Waals surface area (Å²) in [7, 11) is -5.91. The first-order valence-electron chi connectivity index (χ1n) is 29.4. The molecule has 4 heterocycles. The van der Waals surface area contributed by atoms with E-state index < -0.39 is 30.9 Å². The molecule has 2 atom stereocenters. The number of phenolic OH excluding ortho intramolecular Hbond substituents is 1. The number of aliphatic hydroxyl groups is 2. The lowest BCUT2D eigenvalue weighted by Gasteiger charge is -2.22. The standard InChI is InChI=1S/C41H40N2O6S.C28H30N2O6S/c44-27-35-14-8-24-43(35)50(46,47)36-19-16-32(17-20-36)37-15-7-13-34(42-37)26-40(45)41(22-23-41)33-18-21-38(48-28-30-9-3-1-4-10-30)39(25-33)49-29-31-11-5-2-6-12-31;1-36-26-12-9-20(16-25(26)32)28(13-14-28)27(33)17-21-4-2-6-24(29-21)19-7-10-23(11-8-19)37(34,35)30-15-3-5-22(30)18-31/h1-7,9-13,15-21,25,35,44H,8,14,22-24,26-29H2;2,4,6-12,16,22,31-32H,3,5,13-15,17-18H2,1H3/t35-;22-/m11/s1. The van der Waals surface area contributed by atoms with Crippen LogP contribution in [0.25, 0.3) is 22.5 Å². The second kappa shape index (κ2) is 26.1. The van der Waals surface area contributed by atoms with Crippen molar-refractivity contribution < 1.29 is 56.0 Å². The number of aliphatic hydroxyl groups excluding tert-OH is 2. The number of methoxy groups -OCH3 is 1. The van der Waals surface area contributed by atoms with Crippen LogP contribution in [0, 0.1) is 0 Å². The number of carbonyl (C=O) groups is 2. The van der Waals surface area contributed by atoms with E-state index in [1.807, 2.05) is 121 Å². The van der Waals surface area contributed by atoms with Gasteiger partial charge in [-0.25, -0.2) is 16.8 Å². The predicted octanol–water partition coefficient (Wildman–Crippen LogP) is 10.3. The SMILES string of the molecule is COc1ccc(C2(C(=O)Cc3cccc(-c4ccc(S(=O)(=O)N5CCC[C@@H]5CO)cc4)n3)CC2)cc1O.O=C(Cc1cccc(-c2ccc(S(=O)(=O)N3CCC[C@@H]3CO)cc2)n1)C1(c2ccc(OCc3ccccc3)c(OCc3ccccc3)c2)CC1. The van der Waals surface area contributed by atoms with E-state index in [1.54, 1.807) is 60.7 Å². The minimum atomic E-state index is -3.71. The minimum Gasteiger partial charge on any atom is -0.504 e. The van der Waals surface area contributed by atoms with Crippen molar-refractivity contribution in [3.8, 4) is 45.5 Å². The van der Waals surface area contributed by atoms with Crippen LogP contribution in [0.4, 0.5) is 0 Å². The lowest BCUT2D eigenvalue weighted by atomic mass is 9.88. The molecule has 0 spiro atoms. The molecular formula is C69H70N4O12S2. The summed E-state index contributed by atoms with van der Waals surface area (Å²) in [5.74, 6) is 1.75. The molecule has 2 aromatic heterocycles. The van der Waals surface area contributed by atoms with E-state index in [0.29, 0.717) is 79.2 Å². The highest BCUT2D eigenvalue weighted by molar-refractivity contribution is 7.89. The molecule has 2 saturated heterocycles. The molecule has 6 aromatic carbocycles. The molecule has 0 unspecified atom stereocenters. The van der Waals surface area contributed by atoms with E-state index in [9.17, 15) is 41.7 Å². The van der Waals surface area contributed by atoms with Gasteiger partial charge in [0, 0.05) is 60.5 Å². The fourth-order valence-corrected chi connectivity index (χ4v) is 15.2. The Bertz CT molecular complexity index is 3970. The Balaban J connectivity index is 0.000000189. The summed E-state index contributed by atoms with van der Waals surface area (Å²) in [6.07, 6.45) is 6.05. The number of nitrogens with zero attached hydrogens (tertiary/aromatic N) is 4. The summed E-state index contributed by atoms with van der Waals surface area (Å²) < 4.78 is 72.9. The Labute approximate surface area is 508 Å². The Morgan fingerprint density at radius 3 is 1.36 bits per heavy atom. The van der Waals surface area contributed by atoms with Gasteiger partial charge in [-0.3, -0.25) is 19.6 Å². The summed E-state index contributed by atoms with van der Waals surface area (Å²) in [4.78, 5) is 37.1. The molecule has 2 aliphatic heterocycles. The van der Waals surface area contributed by atoms with Crippen LogP contribution in [0.3, 0.4) is 0 Å². The Hall–Kier alpha value is -8.10. The van der Waals surface area contributed by atoms with Crippen LogP contribution in [0.15, 0.2) is 192 Å². The van der Waals surface area contributed by atoms with Gasteiger partial charge in [-0.15, -0.1) is 0 Å². The number of hydrogen-bond acceptors (Lipinski definition) is 14. The molecular weight excluding hydrogens is 1140 g/mol. The van der Waals surface area contributed by atoms with Crippen molar-refractivity contribution in [3.05, 3.63) is 216 Å². The quantitative estimate of drug-likeness (QED) is 0.0542. The summed E-state index contributed by atoms with van der Waals surface area (Å²) in [5.41, 5.74) is 6.65. The average molecular weight is 1210 g/mol. The van der Waals surface area contributed by atoms with Gasteiger partial charge in [0.25, 0.3) is 0 Å². The maximum Gasteiger partial charge on any atom is 0.243 e. The third-order valence-corrected chi connectivity index (χ3v) is 21.1. The number of sulfonamides is 2. The second-order valence-electron chi connectivity index (χ2n) is 22.7. The normalized spacial score (nSPS) is 17.8. The van der Waals surface area contributed by atoms with Gasteiger partial charge in [0.1, 0.15) is 24.8 Å². The lowest BCUT2D eigenvalue weighted by molar-refractivity contribution is -0.121. The number of pyridine rings is 2. The number of aromatic nitrogens is 2. The van der Waals surface area contributed by atoms with Crippen molar-refractivity contribution in [2.75, 3.05) is 33.4 Å². The number of hydrogen-bond donors (Lipinski definition) is 3. The molecule has 0 amide bonds. The zero-order chi connectivity index (χ0) is 60.8. The number of Topliss-reactive ketones (excluding diaryl/α,β-unsaturated/α-hetero) is 2.